The quantitative estimate of drug-likeness (QED) is 0.190. The SMILES string of the molecule is O=C(c1c2ccccc2nc2ccccc12)N(c1ccccc1)S(=O)(=O)c1ccccc1[N+](=O)[O-]. The van der Waals surface area contributed by atoms with Crippen molar-refractivity contribution in [1.82, 2.24) is 4.98 Å². The van der Waals surface area contributed by atoms with Gasteiger partial charge >= 0.3 is 0 Å². The number of para-hydroxylation sites is 4. The molecule has 5 rings (SSSR count). The maximum atomic E-state index is 14.2. The maximum absolute atomic E-state index is 14.2. The molecule has 5 aromatic rings. The summed E-state index contributed by atoms with van der Waals surface area (Å²) in [5, 5.41) is 12.6. The van der Waals surface area contributed by atoms with Gasteiger partial charge in [0.1, 0.15) is 0 Å². The van der Waals surface area contributed by atoms with E-state index in [-0.39, 0.29) is 11.3 Å². The number of carbonyl (C=O) groups is 1. The van der Waals surface area contributed by atoms with E-state index in [0.29, 0.717) is 26.1 Å². The molecule has 8 nitrogen and oxygen atoms in total. The summed E-state index contributed by atoms with van der Waals surface area (Å²) in [4.78, 5) is 29.1. The normalized spacial score (nSPS) is 11.4. The summed E-state index contributed by atoms with van der Waals surface area (Å²) in [5.41, 5.74) is 0.611. The van der Waals surface area contributed by atoms with Gasteiger partial charge in [0, 0.05) is 16.8 Å². The molecule has 35 heavy (non-hydrogen) atoms. The Labute approximate surface area is 200 Å². The summed E-state index contributed by atoms with van der Waals surface area (Å²) >= 11 is 0. The van der Waals surface area contributed by atoms with Crippen molar-refractivity contribution in [2.24, 2.45) is 0 Å². The van der Waals surface area contributed by atoms with E-state index in [1.165, 1.54) is 24.3 Å². The summed E-state index contributed by atoms with van der Waals surface area (Å²) in [6.07, 6.45) is 0. The lowest BCUT2D eigenvalue weighted by Crippen LogP contribution is -2.37. The highest BCUT2D eigenvalue weighted by Gasteiger charge is 2.37. The Morgan fingerprint density at radius 2 is 1.26 bits per heavy atom. The molecule has 0 fully saturated rings. The molecular formula is C26H17N3O5S. The third-order valence-corrected chi connectivity index (χ3v) is 7.32. The summed E-state index contributed by atoms with van der Waals surface area (Å²) < 4.78 is 28.5. The third kappa shape index (κ3) is 3.77. The Kier molecular flexibility index (Phi) is 5.46. The number of sulfonamides is 1. The molecule has 0 unspecified atom stereocenters. The van der Waals surface area contributed by atoms with Crippen LogP contribution in [0, 0.1) is 10.1 Å². The largest absolute Gasteiger partial charge is 0.289 e. The van der Waals surface area contributed by atoms with Crippen molar-refractivity contribution in [2.45, 2.75) is 4.90 Å². The Balaban J connectivity index is 1.83. The molecule has 0 aliphatic carbocycles. The van der Waals surface area contributed by atoms with Crippen molar-refractivity contribution in [2.75, 3.05) is 4.31 Å². The predicted molar refractivity (Wildman–Crippen MR) is 133 cm³/mol. The Bertz CT molecular complexity index is 1670. The third-order valence-electron chi connectivity index (χ3n) is 5.56. The molecule has 0 bridgehead atoms. The minimum atomic E-state index is -4.69. The lowest BCUT2D eigenvalue weighted by molar-refractivity contribution is -0.387. The van der Waals surface area contributed by atoms with Gasteiger partial charge in [-0.1, -0.05) is 66.7 Å². The van der Waals surface area contributed by atoms with Crippen LogP contribution >= 0.6 is 0 Å². The second-order valence-electron chi connectivity index (χ2n) is 7.66. The molecule has 0 saturated carbocycles. The van der Waals surface area contributed by atoms with Crippen LogP contribution in [-0.4, -0.2) is 24.2 Å². The number of nitro groups is 1. The number of anilines is 1. The molecule has 0 aliphatic rings. The first-order valence-corrected chi connectivity index (χ1v) is 12.0. The molecule has 1 aromatic heterocycles. The number of pyridine rings is 1. The molecule has 9 heteroatoms. The number of aromatic nitrogens is 1. The van der Waals surface area contributed by atoms with Crippen LogP contribution in [0.25, 0.3) is 21.8 Å². The van der Waals surface area contributed by atoms with Crippen LogP contribution in [0.15, 0.2) is 108 Å². The second-order valence-corrected chi connectivity index (χ2v) is 9.41. The van der Waals surface area contributed by atoms with Gasteiger partial charge in [-0.05, 0) is 30.3 Å². The monoisotopic (exact) mass is 483 g/mol. The number of nitro benzene ring substituents is 1. The number of benzene rings is 4. The van der Waals surface area contributed by atoms with Gasteiger partial charge < -0.3 is 0 Å². The Morgan fingerprint density at radius 3 is 1.86 bits per heavy atom. The Hall–Kier alpha value is -4.63. The second kappa shape index (κ2) is 8.62. The molecule has 1 heterocycles. The van der Waals surface area contributed by atoms with Crippen LogP contribution in [0.4, 0.5) is 11.4 Å². The van der Waals surface area contributed by atoms with Gasteiger partial charge in [0.05, 0.1) is 27.2 Å². The minimum Gasteiger partial charge on any atom is -0.268 e. The number of carbonyl (C=O) groups excluding carboxylic acids is 1. The average Bonchev–Trinajstić information content (AvgIpc) is 2.87. The van der Waals surface area contributed by atoms with E-state index in [2.05, 4.69) is 4.98 Å². The number of fused-ring (bicyclic) bond motifs is 2. The molecule has 172 valence electrons. The lowest BCUT2D eigenvalue weighted by atomic mass is 10.0. The highest BCUT2D eigenvalue weighted by Crippen LogP contribution is 2.34. The first-order valence-electron chi connectivity index (χ1n) is 10.6. The van der Waals surface area contributed by atoms with E-state index in [4.69, 9.17) is 0 Å². The van der Waals surface area contributed by atoms with E-state index >= 15 is 0 Å². The zero-order valence-electron chi connectivity index (χ0n) is 18.1. The van der Waals surface area contributed by atoms with Gasteiger partial charge in [-0.2, -0.15) is 4.31 Å². The fourth-order valence-corrected chi connectivity index (χ4v) is 5.59. The van der Waals surface area contributed by atoms with E-state index < -0.39 is 31.4 Å². The smallest absolute Gasteiger partial charge is 0.268 e. The molecular weight excluding hydrogens is 466 g/mol. The molecule has 1 amide bonds. The molecule has 0 spiro atoms. The number of hydrogen-bond acceptors (Lipinski definition) is 6. The molecule has 0 radical (unpaired) electrons. The summed E-state index contributed by atoms with van der Waals surface area (Å²) in [7, 11) is -4.69. The highest BCUT2D eigenvalue weighted by atomic mass is 32.2. The van der Waals surface area contributed by atoms with Crippen LogP contribution in [0.5, 0.6) is 0 Å². The van der Waals surface area contributed by atoms with Crippen LogP contribution < -0.4 is 4.31 Å². The van der Waals surface area contributed by atoms with Crippen molar-refractivity contribution < 1.29 is 18.1 Å². The van der Waals surface area contributed by atoms with Crippen LogP contribution in [0.1, 0.15) is 10.4 Å². The van der Waals surface area contributed by atoms with Crippen LogP contribution in [-0.2, 0) is 10.0 Å². The van der Waals surface area contributed by atoms with Gasteiger partial charge in [0.25, 0.3) is 21.6 Å². The molecule has 0 aliphatic heterocycles. The molecule has 0 N–H and O–H groups in total. The summed E-state index contributed by atoms with van der Waals surface area (Å²) in [5.74, 6) is -0.843. The predicted octanol–water partition coefficient (Wildman–Crippen LogP) is 5.33. The lowest BCUT2D eigenvalue weighted by Gasteiger charge is -2.24. The molecule has 0 atom stereocenters. The fraction of sp³-hybridized carbons (Fsp3) is 0. The van der Waals surface area contributed by atoms with Gasteiger partial charge in [-0.3, -0.25) is 14.9 Å². The standard InChI is InChI=1S/C26H17N3O5S/c30-26(25-19-12-4-6-14-21(19)27-22-15-7-5-13-20(22)25)28(18-10-2-1-3-11-18)35(33,34)24-17-9-8-16-23(24)29(31)32/h1-17H. The first kappa shape index (κ1) is 22.2. The number of rotatable bonds is 5. The van der Waals surface area contributed by atoms with Gasteiger partial charge in [0.2, 0.25) is 0 Å². The van der Waals surface area contributed by atoms with Crippen molar-refractivity contribution in [3.05, 3.63) is 119 Å². The van der Waals surface area contributed by atoms with Crippen molar-refractivity contribution in [3.63, 3.8) is 0 Å². The number of hydrogen-bond donors (Lipinski definition) is 0. The van der Waals surface area contributed by atoms with Crippen LogP contribution in [0.3, 0.4) is 0 Å². The van der Waals surface area contributed by atoms with Gasteiger partial charge in [-0.15, -0.1) is 0 Å². The van der Waals surface area contributed by atoms with E-state index in [0.717, 1.165) is 12.1 Å². The van der Waals surface area contributed by atoms with Crippen molar-refractivity contribution in [3.8, 4) is 0 Å². The summed E-state index contributed by atoms with van der Waals surface area (Å²) in [6.45, 7) is 0. The maximum Gasteiger partial charge on any atom is 0.289 e. The topological polar surface area (TPSA) is 110 Å². The van der Waals surface area contributed by atoms with Gasteiger partial charge in [-0.25, -0.2) is 13.4 Å². The van der Waals surface area contributed by atoms with Gasteiger partial charge in [0.15, 0.2) is 4.90 Å². The Morgan fingerprint density at radius 1 is 0.743 bits per heavy atom. The summed E-state index contributed by atoms with van der Waals surface area (Å²) in [6, 6.07) is 26.7. The first-order chi connectivity index (χ1) is 16.9. The number of nitrogens with zero attached hydrogens (tertiary/aromatic N) is 3. The van der Waals surface area contributed by atoms with Crippen molar-refractivity contribution in [1.29, 1.82) is 0 Å². The highest BCUT2D eigenvalue weighted by molar-refractivity contribution is 7.93. The van der Waals surface area contributed by atoms with E-state index in [9.17, 15) is 23.3 Å². The molecule has 4 aromatic carbocycles. The fourth-order valence-electron chi connectivity index (χ4n) is 4.02. The number of amides is 1. The zero-order chi connectivity index (χ0) is 24.6. The molecule has 0 saturated heterocycles. The minimum absolute atomic E-state index is 0.0561. The average molecular weight is 484 g/mol. The van der Waals surface area contributed by atoms with E-state index in [1.807, 2.05) is 0 Å². The van der Waals surface area contributed by atoms with Crippen molar-refractivity contribution >= 4 is 49.1 Å². The zero-order valence-corrected chi connectivity index (χ0v) is 18.9. The van der Waals surface area contributed by atoms with E-state index in [1.54, 1.807) is 66.7 Å². The van der Waals surface area contributed by atoms with Crippen LogP contribution in [0.2, 0.25) is 0 Å².